The third-order valence-corrected chi connectivity index (χ3v) is 3.27. The molecule has 2 N–H and O–H groups in total. The van der Waals surface area contributed by atoms with Crippen molar-refractivity contribution in [2.75, 3.05) is 26.9 Å². The molecule has 1 aromatic rings. The molecule has 6 nitrogen and oxygen atoms in total. The Balaban J connectivity index is 2.04. The second-order valence-electron chi connectivity index (χ2n) is 5.00. The van der Waals surface area contributed by atoms with Crippen molar-refractivity contribution < 1.29 is 9.47 Å². The molecule has 1 aliphatic carbocycles. The zero-order chi connectivity index (χ0) is 14.4. The van der Waals surface area contributed by atoms with Gasteiger partial charge in [-0.2, -0.15) is 0 Å². The van der Waals surface area contributed by atoms with Crippen LogP contribution in [0.1, 0.15) is 37.4 Å². The Morgan fingerprint density at radius 3 is 3.00 bits per heavy atom. The average molecular weight is 281 g/mol. The van der Waals surface area contributed by atoms with E-state index in [0.717, 1.165) is 25.1 Å². The topological polar surface area (TPSA) is 76.2 Å². The molecular formula is C14H23N3O3. The maximum absolute atomic E-state index is 11.7. The van der Waals surface area contributed by atoms with Crippen LogP contribution in [0.5, 0.6) is 0 Å². The van der Waals surface area contributed by atoms with Gasteiger partial charge >= 0.3 is 0 Å². The fraction of sp³-hybridized carbons (Fsp3) is 0.714. The second-order valence-corrected chi connectivity index (χ2v) is 5.00. The molecule has 1 atom stereocenters. The first-order valence-corrected chi connectivity index (χ1v) is 7.16. The van der Waals surface area contributed by atoms with E-state index >= 15 is 0 Å². The largest absolute Gasteiger partial charge is 0.383 e. The van der Waals surface area contributed by atoms with Crippen molar-refractivity contribution in [1.82, 2.24) is 15.3 Å². The highest BCUT2D eigenvalue weighted by Gasteiger charge is 2.34. The van der Waals surface area contributed by atoms with Crippen molar-refractivity contribution in [1.29, 1.82) is 0 Å². The molecule has 1 aromatic heterocycles. The number of rotatable bonds is 9. The summed E-state index contributed by atoms with van der Waals surface area (Å²) >= 11 is 0. The number of methoxy groups -OCH3 is 1. The van der Waals surface area contributed by atoms with Gasteiger partial charge < -0.3 is 19.8 Å². The molecule has 0 aliphatic heterocycles. The quantitative estimate of drug-likeness (QED) is 0.660. The van der Waals surface area contributed by atoms with Gasteiger partial charge in [0, 0.05) is 32.9 Å². The van der Waals surface area contributed by atoms with Crippen LogP contribution < -0.4 is 10.9 Å². The third-order valence-electron chi connectivity index (χ3n) is 3.27. The van der Waals surface area contributed by atoms with E-state index in [2.05, 4.69) is 15.3 Å². The van der Waals surface area contributed by atoms with Crippen molar-refractivity contribution in [2.24, 2.45) is 5.92 Å². The first kappa shape index (κ1) is 15.2. The number of hydrogen-bond acceptors (Lipinski definition) is 5. The molecular weight excluding hydrogens is 258 g/mol. The fourth-order valence-corrected chi connectivity index (χ4v) is 2.16. The summed E-state index contributed by atoms with van der Waals surface area (Å²) in [5.74, 6) is 1.15. The van der Waals surface area contributed by atoms with Crippen LogP contribution in [0.2, 0.25) is 0 Å². The number of H-pyrrole nitrogens is 1. The Labute approximate surface area is 118 Å². The lowest BCUT2D eigenvalue weighted by atomic mass is 10.2. The Morgan fingerprint density at radius 2 is 2.35 bits per heavy atom. The molecule has 1 saturated carbocycles. The molecule has 1 aliphatic rings. The molecule has 1 unspecified atom stereocenters. The maximum Gasteiger partial charge on any atom is 0.251 e. The van der Waals surface area contributed by atoms with Crippen LogP contribution in [0.15, 0.2) is 10.9 Å². The van der Waals surface area contributed by atoms with Crippen LogP contribution in [-0.2, 0) is 16.0 Å². The van der Waals surface area contributed by atoms with Gasteiger partial charge in [0.1, 0.15) is 11.9 Å². The lowest BCUT2D eigenvalue weighted by Gasteiger charge is -2.16. The maximum atomic E-state index is 11.7. The Kier molecular flexibility index (Phi) is 5.70. The third kappa shape index (κ3) is 4.40. The van der Waals surface area contributed by atoms with Gasteiger partial charge in [-0.3, -0.25) is 4.79 Å². The van der Waals surface area contributed by atoms with Gasteiger partial charge in [-0.25, -0.2) is 4.98 Å². The Morgan fingerprint density at radius 1 is 1.55 bits per heavy atom. The van der Waals surface area contributed by atoms with Crippen molar-refractivity contribution in [3.05, 3.63) is 27.9 Å². The highest BCUT2D eigenvalue weighted by molar-refractivity contribution is 5.07. The number of aromatic amines is 1. The minimum Gasteiger partial charge on any atom is -0.383 e. The molecule has 2 rings (SSSR count). The normalized spacial score (nSPS) is 16.3. The first-order chi connectivity index (χ1) is 9.74. The summed E-state index contributed by atoms with van der Waals surface area (Å²) in [4.78, 5) is 19.1. The van der Waals surface area contributed by atoms with Crippen molar-refractivity contribution in [3.63, 3.8) is 0 Å². The zero-order valence-electron chi connectivity index (χ0n) is 12.1. The molecule has 0 spiro atoms. The summed E-state index contributed by atoms with van der Waals surface area (Å²) in [7, 11) is 1.66. The molecule has 20 heavy (non-hydrogen) atoms. The van der Waals surface area contributed by atoms with Gasteiger partial charge in [-0.15, -0.1) is 0 Å². The van der Waals surface area contributed by atoms with Crippen LogP contribution in [-0.4, -0.2) is 36.8 Å². The van der Waals surface area contributed by atoms with Crippen molar-refractivity contribution in [2.45, 2.75) is 32.4 Å². The standard InChI is InChI=1S/C14H23N3O3/c1-3-20-13(10-4-5-10)14-16-11(8-12(18)17-14)9-15-6-7-19-2/h8,10,13,15H,3-7,9H2,1-2H3,(H,16,17,18). The summed E-state index contributed by atoms with van der Waals surface area (Å²) in [6.45, 7) is 4.52. The molecule has 0 aromatic carbocycles. The van der Waals surface area contributed by atoms with E-state index in [1.165, 1.54) is 6.07 Å². The summed E-state index contributed by atoms with van der Waals surface area (Å²) in [6.07, 6.45) is 2.21. The van der Waals surface area contributed by atoms with E-state index in [1.54, 1.807) is 7.11 Å². The van der Waals surface area contributed by atoms with Gasteiger partial charge in [0.25, 0.3) is 5.56 Å². The lowest BCUT2D eigenvalue weighted by molar-refractivity contribution is 0.0397. The molecule has 0 saturated heterocycles. The summed E-state index contributed by atoms with van der Waals surface area (Å²) in [5.41, 5.74) is 0.620. The van der Waals surface area contributed by atoms with Crippen LogP contribution in [0.4, 0.5) is 0 Å². The summed E-state index contributed by atoms with van der Waals surface area (Å²) in [5, 5.41) is 3.19. The average Bonchev–Trinajstić information content (AvgIpc) is 3.25. The van der Waals surface area contributed by atoms with Crippen LogP contribution in [0.3, 0.4) is 0 Å². The Bertz CT molecular complexity index is 471. The fourth-order valence-electron chi connectivity index (χ4n) is 2.16. The minimum absolute atomic E-state index is 0.0772. The smallest absolute Gasteiger partial charge is 0.251 e. The van der Waals surface area contributed by atoms with Crippen LogP contribution in [0, 0.1) is 5.92 Å². The number of aromatic nitrogens is 2. The molecule has 0 radical (unpaired) electrons. The van der Waals surface area contributed by atoms with Gasteiger partial charge in [-0.05, 0) is 25.7 Å². The van der Waals surface area contributed by atoms with E-state index in [4.69, 9.17) is 9.47 Å². The molecule has 112 valence electrons. The lowest BCUT2D eigenvalue weighted by Crippen LogP contribution is -2.23. The molecule has 1 heterocycles. The van der Waals surface area contributed by atoms with E-state index in [1.807, 2.05) is 6.92 Å². The van der Waals surface area contributed by atoms with Crippen LogP contribution >= 0.6 is 0 Å². The van der Waals surface area contributed by atoms with Gasteiger partial charge in [-0.1, -0.05) is 0 Å². The molecule has 1 fully saturated rings. The monoisotopic (exact) mass is 281 g/mol. The van der Waals surface area contributed by atoms with Crippen LogP contribution in [0.25, 0.3) is 0 Å². The molecule has 0 amide bonds. The molecule has 6 heteroatoms. The van der Waals surface area contributed by atoms with Crippen molar-refractivity contribution >= 4 is 0 Å². The highest BCUT2D eigenvalue weighted by Crippen LogP contribution is 2.41. The van der Waals surface area contributed by atoms with Gasteiger partial charge in [0.2, 0.25) is 0 Å². The number of hydrogen-bond donors (Lipinski definition) is 2. The van der Waals surface area contributed by atoms with Gasteiger partial charge in [0.05, 0.1) is 12.3 Å². The predicted octanol–water partition coefficient (Wildman–Crippen LogP) is 0.993. The number of ether oxygens (including phenoxy) is 2. The summed E-state index contributed by atoms with van der Waals surface area (Å²) < 4.78 is 10.7. The summed E-state index contributed by atoms with van der Waals surface area (Å²) in [6, 6.07) is 1.53. The van der Waals surface area contributed by atoms with E-state index < -0.39 is 0 Å². The van der Waals surface area contributed by atoms with E-state index in [-0.39, 0.29) is 11.7 Å². The van der Waals surface area contributed by atoms with E-state index in [0.29, 0.717) is 31.5 Å². The SMILES string of the molecule is CCOC(c1nc(CNCCOC)cc(=O)[nH]1)C1CC1. The first-order valence-electron chi connectivity index (χ1n) is 7.16. The molecule has 0 bridgehead atoms. The van der Waals surface area contributed by atoms with Crippen molar-refractivity contribution in [3.8, 4) is 0 Å². The number of nitrogens with zero attached hydrogens (tertiary/aromatic N) is 1. The van der Waals surface area contributed by atoms with E-state index in [9.17, 15) is 4.79 Å². The zero-order valence-corrected chi connectivity index (χ0v) is 12.1. The number of nitrogens with one attached hydrogen (secondary N) is 2. The minimum atomic E-state index is -0.121. The second kappa shape index (κ2) is 7.52. The predicted molar refractivity (Wildman–Crippen MR) is 75.5 cm³/mol. The Hall–Kier alpha value is -1.24. The van der Waals surface area contributed by atoms with Gasteiger partial charge in [0.15, 0.2) is 0 Å². The highest BCUT2D eigenvalue weighted by atomic mass is 16.5.